The first-order valence-electron chi connectivity index (χ1n) is 4.78. The van der Waals surface area contributed by atoms with Crippen molar-refractivity contribution in [2.24, 2.45) is 0 Å². The van der Waals surface area contributed by atoms with Crippen molar-refractivity contribution in [3.63, 3.8) is 0 Å². The zero-order valence-corrected chi connectivity index (χ0v) is 12.0. The summed E-state index contributed by atoms with van der Waals surface area (Å²) in [5.41, 5.74) is 1.26. The minimum Gasteiger partial charge on any atom is -0.497 e. The third kappa shape index (κ3) is 3.03. The highest BCUT2D eigenvalue weighted by Gasteiger charge is 2.03. The number of methoxy groups -OCH3 is 1. The van der Waals surface area contributed by atoms with E-state index < -0.39 is 0 Å². The summed E-state index contributed by atoms with van der Waals surface area (Å²) in [6.07, 6.45) is 0. The molecule has 0 aliphatic carbocycles. The van der Waals surface area contributed by atoms with E-state index in [1.54, 1.807) is 18.4 Å². The van der Waals surface area contributed by atoms with E-state index in [0.29, 0.717) is 0 Å². The van der Waals surface area contributed by atoms with Gasteiger partial charge in [-0.2, -0.15) is 0 Å². The summed E-state index contributed by atoms with van der Waals surface area (Å²) in [6.45, 7) is 0. The summed E-state index contributed by atoms with van der Waals surface area (Å²) in [5, 5.41) is 2.10. The molecular formula is C12H11BrOS2. The van der Waals surface area contributed by atoms with Gasteiger partial charge in [-0.25, -0.2) is 0 Å². The van der Waals surface area contributed by atoms with Crippen molar-refractivity contribution >= 4 is 39.0 Å². The lowest BCUT2D eigenvalue weighted by atomic mass is 10.2. The lowest BCUT2D eigenvalue weighted by Gasteiger charge is -2.06. The zero-order valence-electron chi connectivity index (χ0n) is 8.77. The molecule has 0 atom stereocenters. The van der Waals surface area contributed by atoms with E-state index >= 15 is 0 Å². The molecule has 2 aromatic rings. The van der Waals surface area contributed by atoms with E-state index in [4.69, 9.17) is 4.74 Å². The summed E-state index contributed by atoms with van der Waals surface area (Å²) in [7, 11) is 1.69. The van der Waals surface area contributed by atoms with Gasteiger partial charge in [0.25, 0.3) is 0 Å². The van der Waals surface area contributed by atoms with Crippen LogP contribution in [0.2, 0.25) is 0 Å². The Morgan fingerprint density at radius 1 is 1.38 bits per heavy atom. The molecule has 0 saturated carbocycles. The first-order valence-corrected chi connectivity index (χ1v) is 7.44. The predicted octanol–water partition coefficient (Wildman–Crippen LogP) is 4.81. The molecule has 2 rings (SSSR count). The number of rotatable bonds is 4. The van der Waals surface area contributed by atoms with E-state index in [0.717, 1.165) is 16.0 Å². The van der Waals surface area contributed by atoms with Crippen LogP contribution >= 0.6 is 39.0 Å². The molecule has 0 bridgehead atoms. The minimum atomic E-state index is 0.907. The summed E-state index contributed by atoms with van der Waals surface area (Å²) in [5.74, 6) is 1.86. The monoisotopic (exact) mass is 314 g/mol. The molecule has 1 aromatic carbocycles. The van der Waals surface area contributed by atoms with E-state index in [1.807, 2.05) is 23.9 Å². The van der Waals surface area contributed by atoms with E-state index in [1.165, 1.54) is 9.77 Å². The largest absolute Gasteiger partial charge is 0.497 e. The van der Waals surface area contributed by atoms with Crippen molar-refractivity contribution in [3.8, 4) is 5.75 Å². The second-order valence-electron chi connectivity index (χ2n) is 3.18. The molecule has 0 N–H and O–H groups in total. The normalized spacial score (nSPS) is 10.4. The predicted molar refractivity (Wildman–Crippen MR) is 74.6 cm³/mol. The number of benzene rings is 1. The Hall–Kier alpha value is -0.450. The van der Waals surface area contributed by atoms with Gasteiger partial charge < -0.3 is 4.74 Å². The maximum absolute atomic E-state index is 5.22. The lowest BCUT2D eigenvalue weighted by molar-refractivity contribution is 0.414. The molecular weight excluding hydrogens is 304 g/mol. The van der Waals surface area contributed by atoms with Gasteiger partial charge in [-0.15, -0.1) is 23.1 Å². The SMILES string of the molecule is COc1ccc(Br)c(CSc2cccs2)c1. The Morgan fingerprint density at radius 3 is 2.94 bits per heavy atom. The van der Waals surface area contributed by atoms with Crippen LogP contribution in [0.15, 0.2) is 44.4 Å². The fraction of sp³-hybridized carbons (Fsp3) is 0.167. The first-order chi connectivity index (χ1) is 7.79. The molecule has 4 heteroatoms. The van der Waals surface area contributed by atoms with Crippen molar-refractivity contribution in [2.45, 2.75) is 9.96 Å². The Kier molecular flexibility index (Phi) is 4.32. The molecule has 0 fully saturated rings. The van der Waals surface area contributed by atoms with Gasteiger partial charge in [0, 0.05) is 10.2 Å². The van der Waals surface area contributed by atoms with E-state index in [9.17, 15) is 0 Å². The first kappa shape index (κ1) is 12.0. The fourth-order valence-electron chi connectivity index (χ4n) is 1.28. The van der Waals surface area contributed by atoms with Crippen LogP contribution < -0.4 is 4.74 Å². The zero-order chi connectivity index (χ0) is 11.4. The minimum absolute atomic E-state index is 0.907. The molecule has 0 aliphatic rings. The topological polar surface area (TPSA) is 9.23 Å². The van der Waals surface area contributed by atoms with Crippen molar-refractivity contribution in [1.82, 2.24) is 0 Å². The third-order valence-corrected chi connectivity index (χ3v) is 5.07. The van der Waals surface area contributed by atoms with Crippen molar-refractivity contribution in [1.29, 1.82) is 0 Å². The Balaban J connectivity index is 2.08. The molecule has 84 valence electrons. The van der Waals surface area contributed by atoms with Crippen LogP contribution in [-0.4, -0.2) is 7.11 Å². The second kappa shape index (κ2) is 5.75. The molecule has 0 spiro atoms. The number of halogens is 1. The van der Waals surface area contributed by atoms with Gasteiger partial charge in [0.15, 0.2) is 0 Å². The van der Waals surface area contributed by atoms with Crippen LogP contribution in [0.1, 0.15) is 5.56 Å². The Labute approximate surface area is 112 Å². The highest BCUT2D eigenvalue weighted by Crippen LogP contribution is 2.31. The number of thiophene rings is 1. The summed E-state index contributed by atoms with van der Waals surface area (Å²) in [4.78, 5) is 0. The van der Waals surface area contributed by atoms with Crippen LogP contribution in [0.5, 0.6) is 5.75 Å². The van der Waals surface area contributed by atoms with Crippen LogP contribution in [0.3, 0.4) is 0 Å². The average Bonchev–Trinajstić information content (AvgIpc) is 2.81. The van der Waals surface area contributed by atoms with Gasteiger partial charge in [0.2, 0.25) is 0 Å². The smallest absolute Gasteiger partial charge is 0.119 e. The molecule has 1 nitrogen and oxygen atoms in total. The second-order valence-corrected chi connectivity index (χ2v) is 6.26. The summed E-state index contributed by atoms with van der Waals surface area (Å²) >= 11 is 7.18. The summed E-state index contributed by atoms with van der Waals surface area (Å²) in [6, 6.07) is 10.3. The maximum atomic E-state index is 5.22. The number of thioether (sulfide) groups is 1. The molecule has 0 aliphatic heterocycles. The van der Waals surface area contributed by atoms with Crippen LogP contribution in [0, 0.1) is 0 Å². The van der Waals surface area contributed by atoms with Gasteiger partial charge in [-0.05, 0) is 35.2 Å². The van der Waals surface area contributed by atoms with Gasteiger partial charge in [-0.1, -0.05) is 22.0 Å². The van der Waals surface area contributed by atoms with Crippen molar-refractivity contribution in [2.75, 3.05) is 7.11 Å². The quantitative estimate of drug-likeness (QED) is 0.749. The molecule has 16 heavy (non-hydrogen) atoms. The van der Waals surface area contributed by atoms with E-state index in [2.05, 4.69) is 39.5 Å². The lowest BCUT2D eigenvalue weighted by Crippen LogP contribution is -1.87. The van der Waals surface area contributed by atoms with E-state index in [-0.39, 0.29) is 0 Å². The standard InChI is InChI=1S/C12H11BrOS2/c1-14-10-4-5-11(13)9(7-10)8-16-12-3-2-6-15-12/h2-7H,8H2,1H3. The molecule has 0 radical (unpaired) electrons. The average molecular weight is 315 g/mol. The maximum Gasteiger partial charge on any atom is 0.119 e. The summed E-state index contributed by atoms with van der Waals surface area (Å²) < 4.78 is 7.70. The molecule has 1 heterocycles. The van der Waals surface area contributed by atoms with Gasteiger partial charge in [-0.3, -0.25) is 0 Å². The molecule has 0 unspecified atom stereocenters. The van der Waals surface area contributed by atoms with Crippen LogP contribution in [-0.2, 0) is 5.75 Å². The third-order valence-electron chi connectivity index (χ3n) is 2.12. The molecule has 0 saturated heterocycles. The highest BCUT2D eigenvalue weighted by molar-refractivity contribution is 9.10. The number of hydrogen-bond acceptors (Lipinski definition) is 3. The van der Waals surface area contributed by atoms with Crippen molar-refractivity contribution in [3.05, 3.63) is 45.7 Å². The van der Waals surface area contributed by atoms with Crippen molar-refractivity contribution < 1.29 is 4.74 Å². The fourth-order valence-corrected chi connectivity index (χ4v) is 3.63. The number of hydrogen-bond donors (Lipinski definition) is 0. The van der Waals surface area contributed by atoms with Gasteiger partial charge in [0.1, 0.15) is 5.75 Å². The molecule has 1 aromatic heterocycles. The van der Waals surface area contributed by atoms with Gasteiger partial charge in [0.05, 0.1) is 11.3 Å². The van der Waals surface area contributed by atoms with Crippen LogP contribution in [0.25, 0.3) is 0 Å². The number of ether oxygens (including phenoxy) is 1. The molecule has 0 amide bonds. The van der Waals surface area contributed by atoms with Gasteiger partial charge >= 0.3 is 0 Å². The highest BCUT2D eigenvalue weighted by atomic mass is 79.9. The van der Waals surface area contributed by atoms with Crippen LogP contribution in [0.4, 0.5) is 0 Å². The Morgan fingerprint density at radius 2 is 2.25 bits per heavy atom. The Bertz CT molecular complexity index is 454.